The van der Waals surface area contributed by atoms with Crippen LogP contribution in [0.5, 0.6) is 5.75 Å². The van der Waals surface area contributed by atoms with Crippen LogP contribution in [0.15, 0.2) is 30.3 Å². The van der Waals surface area contributed by atoms with Crippen molar-refractivity contribution in [3.8, 4) is 5.75 Å². The normalized spacial score (nSPS) is 11.8. The van der Waals surface area contributed by atoms with E-state index < -0.39 is 6.36 Å². The molecule has 2 rings (SSSR count). The van der Waals surface area contributed by atoms with Crippen LogP contribution in [-0.2, 0) is 0 Å². The van der Waals surface area contributed by atoms with Crippen LogP contribution in [-0.4, -0.2) is 27.3 Å². The lowest BCUT2D eigenvalue weighted by atomic mass is 10.1. The van der Waals surface area contributed by atoms with Gasteiger partial charge in [-0.1, -0.05) is 0 Å². The molecule has 0 saturated carbocycles. The highest BCUT2D eigenvalue weighted by Crippen LogP contribution is 2.22. The van der Waals surface area contributed by atoms with Crippen LogP contribution in [0.4, 0.5) is 13.2 Å². The molecule has 21 heavy (non-hydrogen) atoms. The minimum atomic E-state index is -4.72. The highest BCUT2D eigenvalue weighted by atomic mass is 19.4. The number of halogens is 3. The molecule has 8 heteroatoms. The van der Waals surface area contributed by atoms with E-state index in [1.165, 1.54) is 24.3 Å². The van der Waals surface area contributed by atoms with Crippen molar-refractivity contribution in [2.24, 2.45) is 0 Å². The van der Waals surface area contributed by atoms with Gasteiger partial charge in [0.25, 0.3) is 0 Å². The van der Waals surface area contributed by atoms with Crippen molar-refractivity contribution in [2.45, 2.75) is 13.3 Å². The predicted octanol–water partition coefficient (Wildman–Crippen LogP) is 3.09. The Morgan fingerprint density at radius 3 is 2.48 bits per heavy atom. The van der Waals surface area contributed by atoms with E-state index >= 15 is 0 Å². The molecule has 2 N–H and O–H groups in total. The van der Waals surface area contributed by atoms with Gasteiger partial charge in [-0.2, -0.15) is 5.10 Å². The van der Waals surface area contributed by atoms with E-state index in [2.05, 4.69) is 19.9 Å². The monoisotopic (exact) mass is 296 g/mol. The van der Waals surface area contributed by atoms with Crippen molar-refractivity contribution in [1.29, 1.82) is 5.41 Å². The van der Waals surface area contributed by atoms with Gasteiger partial charge < -0.3 is 10.1 Å². The second-order valence-corrected chi connectivity index (χ2v) is 4.10. The molecular weight excluding hydrogens is 285 g/mol. The Morgan fingerprint density at radius 1 is 1.29 bits per heavy atom. The summed E-state index contributed by atoms with van der Waals surface area (Å²) < 4.78 is 39.8. The number of aromatic amines is 1. The number of nitrogens with one attached hydrogen (secondary N) is 2. The van der Waals surface area contributed by atoms with Crippen molar-refractivity contribution in [3.05, 3.63) is 47.6 Å². The van der Waals surface area contributed by atoms with E-state index in [-0.39, 0.29) is 11.5 Å². The Labute approximate surface area is 118 Å². The molecule has 110 valence electrons. The van der Waals surface area contributed by atoms with Gasteiger partial charge in [-0.15, -0.1) is 13.2 Å². The molecule has 0 bridgehead atoms. The van der Waals surface area contributed by atoms with E-state index in [4.69, 9.17) is 5.41 Å². The van der Waals surface area contributed by atoms with Crippen LogP contribution >= 0.6 is 0 Å². The first-order valence-corrected chi connectivity index (χ1v) is 5.85. The third-order valence-corrected chi connectivity index (χ3v) is 2.41. The summed E-state index contributed by atoms with van der Waals surface area (Å²) >= 11 is 0. The molecule has 1 heterocycles. The maximum Gasteiger partial charge on any atom is 0.573 e. The number of benzene rings is 1. The Balaban J connectivity index is 2.04. The molecule has 0 aliphatic carbocycles. The van der Waals surface area contributed by atoms with E-state index in [0.29, 0.717) is 17.2 Å². The molecule has 0 spiro atoms. The zero-order valence-corrected chi connectivity index (χ0v) is 10.9. The van der Waals surface area contributed by atoms with Crippen LogP contribution in [0.25, 0.3) is 6.08 Å². The smallest absolute Gasteiger partial charge is 0.406 e. The minimum Gasteiger partial charge on any atom is -0.406 e. The Bertz CT molecular complexity index is 659. The van der Waals surface area contributed by atoms with Gasteiger partial charge in [0.15, 0.2) is 5.82 Å². The van der Waals surface area contributed by atoms with Gasteiger partial charge in [-0.05, 0) is 48.9 Å². The SMILES string of the molecule is Cc1nc(C=CC(=N)c2ccc(OC(F)(F)F)cc2)n[nH]1. The molecule has 0 saturated heterocycles. The van der Waals surface area contributed by atoms with E-state index in [0.717, 1.165) is 12.1 Å². The molecule has 0 fully saturated rings. The molecule has 0 amide bonds. The molecule has 2 aromatic rings. The number of rotatable bonds is 4. The van der Waals surface area contributed by atoms with Gasteiger partial charge >= 0.3 is 6.36 Å². The number of allylic oxidation sites excluding steroid dienone is 1. The summed E-state index contributed by atoms with van der Waals surface area (Å²) in [4.78, 5) is 4.04. The number of ether oxygens (including phenoxy) is 1. The number of nitrogens with zero attached hydrogens (tertiary/aromatic N) is 2. The average molecular weight is 296 g/mol. The zero-order valence-electron chi connectivity index (χ0n) is 10.9. The molecule has 1 aromatic heterocycles. The highest BCUT2D eigenvalue weighted by Gasteiger charge is 2.30. The van der Waals surface area contributed by atoms with E-state index in [9.17, 15) is 13.2 Å². The minimum absolute atomic E-state index is 0.121. The van der Waals surface area contributed by atoms with Crippen molar-refractivity contribution >= 4 is 11.8 Å². The Hall–Kier alpha value is -2.64. The standard InChI is InChI=1S/C13H11F3N4O/c1-8-18-12(20-19-8)7-6-11(17)9-2-4-10(5-3-9)21-13(14,15)16/h2-7,17H,1H3,(H,18,19,20). The number of aryl methyl sites for hydroxylation is 1. The second-order valence-electron chi connectivity index (χ2n) is 4.10. The summed E-state index contributed by atoms with van der Waals surface area (Å²) in [5.74, 6) is 0.747. The number of alkyl halides is 3. The van der Waals surface area contributed by atoms with Crippen LogP contribution in [0.3, 0.4) is 0 Å². The predicted molar refractivity (Wildman–Crippen MR) is 70.1 cm³/mol. The quantitative estimate of drug-likeness (QED) is 0.851. The third kappa shape index (κ3) is 4.44. The lowest BCUT2D eigenvalue weighted by Crippen LogP contribution is -2.17. The summed E-state index contributed by atoms with van der Waals surface area (Å²) in [5, 5.41) is 14.3. The third-order valence-electron chi connectivity index (χ3n) is 2.41. The van der Waals surface area contributed by atoms with Crippen molar-refractivity contribution in [3.63, 3.8) is 0 Å². The van der Waals surface area contributed by atoms with E-state index in [1.807, 2.05) is 0 Å². The lowest BCUT2D eigenvalue weighted by molar-refractivity contribution is -0.274. The van der Waals surface area contributed by atoms with Gasteiger partial charge in [0.1, 0.15) is 11.6 Å². The first-order valence-electron chi connectivity index (χ1n) is 5.85. The second kappa shape index (κ2) is 5.78. The summed E-state index contributed by atoms with van der Waals surface area (Å²) in [6, 6.07) is 5.05. The molecule has 5 nitrogen and oxygen atoms in total. The fourth-order valence-corrected chi connectivity index (χ4v) is 1.52. The van der Waals surface area contributed by atoms with Crippen LogP contribution in [0.2, 0.25) is 0 Å². The number of H-pyrrole nitrogens is 1. The van der Waals surface area contributed by atoms with Crippen LogP contribution in [0.1, 0.15) is 17.2 Å². The summed E-state index contributed by atoms with van der Waals surface area (Å²) in [6.45, 7) is 1.75. The van der Waals surface area contributed by atoms with Crippen molar-refractivity contribution < 1.29 is 17.9 Å². The van der Waals surface area contributed by atoms with Crippen molar-refractivity contribution in [1.82, 2.24) is 15.2 Å². The van der Waals surface area contributed by atoms with Gasteiger partial charge in [0.2, 0.25) is 0 Å². The largest absolute Gasteiger partial charge is 0.573 e. The zero-order chi connectivity index (χ0) is 15.5. The first kappa shape index (κ1) is 14.8. The number of hydrogen-bond acceptors (Lipinski definition) is 4. The Morgan fingerprint density at radius 2 is 1.95 bits per heavy atom. The van der Waals surface area contributed by atoms with Gasteiger partial charge in [0, 0.05) is 0 Å². The average Bonchev–Trinajstić information content (AvgIpc) is 2.81. The topological polar surface area (TPSA) is 74.7 Å². The molecule has 0 aliphatic rings. The molecule has 1 aromatic carbocycles. The lowest BCUT2D eigenvalue weighted by Gasteiger charge is -2.08. The number of aromatic nitrogens is 3. The molecule has 0 radical (unpaired) electrons. The number of hydrogen-bond donors (Lipinski definition) is 2. The summed E-state index contributed by atoms with van der Waals surface area (Å²) in [6.07, 6.45) is -1.73. The molecule has 0 unspecified atom stereocenters. The van der Waals surface area contributed by atoms with Gasteiger partial charge in [0.05, 0.1) is 5.71 Å². The van der Waals surface area contributed by atoms with Gasteiger partial charge in [-0.3, -0.25) is 5.10 Å². The maximum absolute atomic E-state index is 12.0. The maximum atomic E-state index is 12.0. The highest BCUT2D eigenvalue weighted by molar-refractivity contribution is 6.08. The molecule has 0 aliphatic heterocycles. The summed E-state index contributed by atoms with van der Waals surface area (Å²) in [5.41, 5.74) is 0.573. The molecule has 0 atom stereocenters. The summed E-state index contributed by atoms with van der Waals surface area (Å²) in [7, 11) is 0. The first-order chi connectivity index (χ1) is 9.83. The van der Waals surface area contributed by atoms with Crippen LogP contribution in [0, 0.1) is 12.3 Å². The van der Waals surface area contributed by atoms with E-state index in [1.54, 1.807) is 6.92 Å². The Kier molecular flexibility index (Phi) is 4.06. The fourth-order valence-electron chi connectivity index (χ4n) is 1.52. The van der Waals surface area contributed by atoms with Crippen LogP contribution < -0.4 is 4.74 Å². The van der Waals surface area contributed by atoms with Gasteiger partial charge in [-0.25, -0.2) is 4.98 Å². The fraction of sp³-hybridized carbons (Fsp3) is 0.154. The van der Waals surface area contributed by atoms with Crippen molar-refractivity contribution in [2.75, 3.05) is 0 Å². The molecular formula is C13H11F3N4O.